The van der Waals surface area contributed by atoms with Crippen LogP contribution in [-0.2, 0) is 9.84 Å². The fourth-order valence-electron chi connectivity index (χ4n) is 1.25. The summed E-state index contributed by atoms with van der Waals surface area (Å²) in [6, 6.07) is 6.94. The number of rotatable bonds is 3. The molecule has 1 rings (SSSR count). The largest absolute Gasteiger partial charge is 0.385 e. The van der Waals surface area contributed by atoms with Gasteiger partial charge in [-0.05, 0) is 19.4 Å². The molecule has 0 aliphatic rings. The highest BCUT2D eigenvalue weighted by atomic mass is 35.5. The van der Waals surface area contributed by atoms with Gasteiger partial charge in [0.25, 0.3) is 0 Å². The van der Waals surface area contributed by atoms with Gasteiger partial charge in [-0.2, -0.15) is 0 Å². The number of alkyl halides is 1. The molecule has 0 fully saturated rings. The molecule has 16 heavy (non-hydrogen) atoms. The van der Waals surface area contributed by atoms with Crippen molar-refractivity contribution in [2.24, 2.45) is 0 Å². The molecule has 0 saturated heterocycles. The summed E-state index contributed by atoms with van der Waals surface area (Å²) in [4.78, 5) is 0. The minimum atomic E-state index is -3.54. The van der Waals surface area contributed by atoms with Gasteiger partial charge in [0.05, 0.1) is 0 Å². The fourth-order valence-corrected chi connectivity index (χ4v) is 1.92. The molecule has 3 nitrogen and oxygen atoms in total. The maximum atomic E-state index is 11.4. The Morgan fingerprint density at radius 3 is 2.12 bits per heavy atom. The van der Waals surface area contributed by atoms with E-state index in [1.807, 2.05) is 6.92 Å². The van der Waals surface area contributed by atoms with Crippen LogP contribution in [-0.4, -0.2) is 24.0 Å². The molecule has 0 amide bonds. The van der Waals surface area contributed by atoms with E-state index in [1.54, 1.807) is 24.3 Å². The van der Waals surface area contributed by atoms with Gasteiger partial charge in [-0.1, -0.05) is 41.4 Å². The summed E-state index contributed by atoms with van der Waals surface area (Å²) >= 11 is 5.90. The number of halogens is 1. The van der Waals surface area contributed by atoms with Crippen molar-refractivity contribution < 1.29 is 13.5 Å². The molecular weight excluding hydrogens is 248 g/mol. The number of hydrogen-bond donors (Lipinski definition) is 1. The summed E-state index contributed by atoms with van der Waals surface area (Å²) in [6.45, 7) is 3.21. The normalized spacial score (nSPS) is 17.8. The van der Waals surface area contributed by atoms with Crippen molar-refractivity contribution in [3.05, 3.63) is 35.4 Å². The molecule has 0 unspecified atom stereocenters. The van der Waals surface area contributed by atoms with E-state index in [4.69, 9.17) is 11.6 Å². The molecule has 0 aliphatic carbocycles. The second kappa shape index (κ2) is 4.35. The number of sulfone groups is 1. The van der Waals surface area contributed by atoms with Gasteiger partial charge in [-0.25, -0.2) is 8.42 Å². The van der Waals surface area contributed by atoms with Crippen LogP contribution in [0.4, 0.5) is 0 Å². The summed E-state index contributed by atoms with van der Waals surface area (Å²) in [5.74, 6) is 0. The highest BCUT2D eigenvalue weighted by molar-refractivity contribution is 7.93. The summed E-state index contributed by atoms with van der Waals surface area (Å²) in [6.07, 6.45) is -0.234. The molecule has 0 saturated carbocycles. The molecule has 0 bridgehead atoms. The van der Waals surface area contributed by atoms with E-state index in [9.17, 15) is 13.5 Å². The first kappa shape index (κ1) is 13.5. The van der Waals surface area contributed by atoms with Crippen LogP contribution in [0.2, 0.25) is 0 Å². The quantitative estimate of drug-likeness (QED) is 0.848. The SMILES string of the molecule is Cc1ccc([C@H](O)[C@](C)(Cl)S(C)(=O)=O)cc1. The lowest BCUT2D eigenvalue weighted by atomic mass is 10.1. The average molecular weight is 263 g/mol. The van der Waals surface area contributed by atoms with E-state index in [1.165, 1.54) is 6.92 Å². The van der Waals surface area contributed by atoms with E-state index in [2.05, 4.69) is 0 Å². The maximum Gasteiger partial charge on any atom is 0.172 e. The van der Waals surface area contributed by atoms with Gasteiger partial charge in [0, 0.05) is 6.26 Å². The lowest BCUT2D eigenvalue weighted by Crippen LogP contribution is -2.35. The van der Waals surface area contributed by atoms with E-state index in [-0.39, 0.29) is 0 Å². The van der Waals surface area contributed by atoms with Crippen LogP contribution in [0.1, 0.15) is 24.2 Å². The first-order valence-electron chi connectivity index (χ1n) is 4.79. The minimum Gasteiger partial charge on any atom is -0.385 e. The number of aliphatic hydroxyl groups excluding tert-OH is 1. The lowest BCUT2D eigenvalue weighted by molar-refractivity contribution is 0.163. The van der Waals surface area contributed by atoms with E-state index >= 15 is 0 Å². The van der Waals surface area contributed by atoms with Gasteiger partial charge < -0.3 is 5.11 Å². The third-order valence-electron chi connectivity index (χ3n) is 2.61. The summed E-state index contributed by atoms with van der Waals surface area (Å²) < 4.78 is 21.2. The molecular formula is C11H15ClO3S. The van der Waals surface area contributed by atoms with Crippen molar-refractivity contribution in [1.29, 1.82) is 0 Å². The van der Waals surface area contributed by atoms with Crippen LogP contribution < -0.4 is 0 Å². The predicted molar refractivity (Wildman–Crippen MR) is 65.2 cm³/mol. The topological polar surface area (TPSA) is 54.4 Å². The van der Waals surface area contributed by atoms with Gasteiger partial charge in [0.15, 0.2) is 14.0 Å². The molecule has 0 heterocycles. The smallest absolute Gasteiger partial charge is 0.172 e. The van der Waals surface area contributed by atoms with Crippen molar-refractivity contribution >= 4 is 21.4 Å². The van der Waals surface area contributed by atoms with Gasteiger partial charge in [-0.15, -0.1) is 0 Å². The Balaban J connectivity index is 3.12. The molecule has 1 N–H and O–H groups in total. The number of hydrogen-bond acceptors (Lipinski definition) is 3. The molecule has 1 aromatic carbocycles. The van der Waals surface area contributed by atoms with E-state index < -0.39 is 20.1 Å². The second-order valence-electron chi connectivity index (χ2n) is 4.07. The van der Waals surface area contributed by atoms with Gasteiger partial charge in [0.1, 0.15) is 6.10 Å². The Labute approximate surface area is 101 Å². The van der Waals surface area contributed by atoms with Crippen LogP contribution in [0.5, 0.6) is 0 Å². The van der Waals surface area contributed by atoms with Crippen LogP contribution in [0.3, 0.4) is 0 Å². The standard InChI is InChI=1S/C11H15ClO3S/c1-8-4-6-9(7-5-8)10(13)11(2,12)16(3,14)15/h4-7,10,13H,1-3H3/t10-,11+/m0/s1. The molecule has 1 aromatic rings. The Bertz CT molecular complexity index is 463. The average Bonchev–Trinajstić information content (AvgIpc) is 2.16. The summed E-state index contributed by atoms with van der Waals surface area (Å²) in [7, 11) is -3.54. The molecule has 90 valence electrons. The second-order valence-corrected chi connectivity index (χ2v) is 7.47. The Hall–Kier alpha value is -0.580. The summed E-state index contributed by atoms with van der Waals surface area (Å²) in [5, 5.41) is 9.96. The molecule has 5 heteroatoms. The van der Waals surface area contributed by atoms with Gasteiger partial charge in [0.2, 0.25) is 0 Å². The maximum absolute atomic E-state index is 11.4. The molecule has 0 radical (unpaired) electrons. The van der Waals surface area contributed by atoms with Crippen molar-refractivity contribution in [2.45, 2.75) is 24.2 Å². The molecule has 0 spiro atoms. The van der Waals surface area contributed by atoms with Crippen molar-refractivity contribution in [3.8, 4) is 0 Å². The summed E-state index contributed by atoms with van der Waals surface area (Å²) in [5.41, 5.74) is 1.53. The monoisotopic (exact) mass is 262 g/mol. The molecule has 0 aliphatic heterocycles. The molecule has 2 atom stereocenters. The van der Waals surface area contributed by atoms with Crippen molar-refractivity contribution in [3.63, 3.8) is 0 Å². The van der Waals surface area contributed by atoms with Gasteiger partial charge >= 0.3 is 0 Å². The van der Waals surface area contributed by atoms with Crippen molar-refractivity contribution in [1.82, 2.24) is 0 Å². The van der Waals surface area contributed by atoms with E-state index in [0.29, 0.717) is 5.56 Å². The fraction of sp³-hybridized carbons (Fsp3) is 0.455. The third kappa shape index (κ3) is 2.56. The highest BCUT2D eigenvalue weighted by Crippen LogP contribution is 2.36. The van der Waals surface area contributed by atoms with Gasteiger partial charge in [-0.3, -0.25) is 0 Å². The lowest BCUT2D eigenvalue weighted by Gasteiger charge is -2.26. The third-order valence-corrected chi connectivity index (χ3v) is 5.33. The van der Waals surface area contributed by atoms with Crippen LogP contribution >= 0.6 is 11.6 Å². The Morgan fingerprint density at radius 2 is 1.75 bits per heavy atom. The zero-order valence-electron chi connectivity index (χ0n) is 9.44. The Morgan fingerprint density at radius 1 is 1.31 bits per heavy atom. The van der Waals surface area contributed by atoms with Crippen LogP contribution in [0.15, 0.2) is 24.3 Å². The highest BCUT2D eigenvalue weighted by Gasteiger charge is 2.41. The predicted octanol–water partition coefficient (Wildman–Crippen LogP) is 2.03. The Kier molecular flexibility index (Phi) is 3.67. The van der Waals surface area contributed by atoms with Crippen LogP contribution in [0.25, 0.3) is 0 Å². The zero-order chi connectivity index (χ0) is 12.6. The molecule has 0 aromatic heterocycles. The first-order chi connectivity index (χ1) is 7.16. The first-order valence-corrected chi connectivity index (χ1v) is 7.06. The van der Waals surface area contributed by atoms with Crippen molar-refractivity contribution in [2.75, 3.05) is 6.26 Å². The number of benzene rings is 1. The minimum absolute atomic E-state index is 0.494. The number of aliphatic hydroxyl groups is 1. The number of aryl methyl sites for hydroxylation is 1. The zero-order valence-corrected chi connectivity index (χ0v) is 11.0. The van der Waals surface area contributed by atoms with E-state index in [0.717, 1.165) is 11.8 Å². The van der Waals surface area contributed by atoms with Crippen LogP contribution in [0, 0.1) is 6.92 Å².